The van der Waals surface area contributed by atoms with Crippen molar-refractivity contribution in [2.24, 2.45) is 5.73 Å². The molecule has 1 aliphatic rings. The fraction of sp³-hybridized carbons (Fsp3) is 0.235. The highest BCUT2D eigenvalue weighted by atomic mass is 32.1. The summed E-state index contributed by atoms with van der Waals surface area (Å²) in [5.74, 6) is -0.254. The Morgan fingerprint density at radius 2 is 2.05 bits per heavy atom. The Bertz CT molecular complexity index is 684. The second-order valence-electron chi connectivity index (χ2n) is 5.32. The zero-order valence-corrected chi connectivity index (χ0v) is 12.5. The van der Waals surface area contributed by atoms with E-state index in [0.717, 1.165) is 30.5 Å². The third-order valence-electron chi connectivity index (χ3n) is 3.90. The number of hydrogen-bond acceptors (Lipinski definition) is 2. The van der Waals surface area contributed by atoms with E-state index >= 15 is 0 Å². The lowest BCUT2D eigenvalue weighted by Crippen LogP contribution is -2.30. The average molecular weight is 300 g/mol. The number of nitrogens with two attached hydrogens (primary N) is 1. The Morgan fingerprint density at radius 1 is 1.24 bits per heavy atom. The van der Waals surface area contributed by atoms with Crippen molar-refractivity contribution in [2.45, 2.75) is 19.4 Å². The number of anilines is 1. The van der Waals surface area contributed by atoms with Gasteiger partial charge in [-0.15, -0.1) is 0 Å². The first-order valence-corrected chi connectivity index (χ1v) is 7.47. The van der Waals surface area contributed by atoms with Crippen molar-refractivity contribution in [1.29, 1.82) is 0 Å². The Balaban J connectivity index is 1.95. The summed E-state index contributed by atoms with van der Waals surface area (Å²) in [6, 6.07) is 13.0. The number of thiocarbonyl (C=S) groups is 1. The van der Waals surface area contributed by atoms with Gasteiger partial charge in [0.25, 0.3) is 0 Å². The second kappa shape index (κ2) is 5.82. The molecule has 0 aliphatic carbocycles. The molecule has 0 atom stereocenters. The Hall–Kier alpha value is -1.94. The van der Waals surface area contributed by atoms with Crippen molar-refractivity contribution in [1.82, 2.24) is 0 Å². The van der Waals surface area contributed by atoms with Gasteiger partial charge < -0.3 is 10.6 Å². The molecule has 0 saturated heterocycles. The Labute approximate surface area is 129 Å². The van der Waals surface area contributed by atoms with Crippen molar-refractivity contribution in [3.05, 3.63) is 65.0 Å². The summed E-state index contributed by atoms with van der Waals surface area (Å²) in [6.07, 6.45) is 2.20. The number of fused-ring (bicyclic) bond motifs is 1. The molecule has 4 heteroatoms. The number of para-hydroxylation sites is 1. The quantitative estimate of drug-likeness (QED) is 0.881. The van der Waals surface area contributed by atoms with Gasteiger partial charge in [-0.05, 0) is 48.2 Å². The van der Waals surface area contributed by atoms with Gasteiger partial charge in [0, 0.05) is 24.3 Å². The predicted octanol–water partition coefficient (Wildman–Crippen LogP) is 3.41. The van der Waals surface area contributed by atoms with Crippen LogP contribution in [-0.4, -0.2) is 11.5 Å². The lowest BCUT2D eigenvalue weighted by atomic mass is 10.00. The minimum atomic E-state index is -0.254. The maximum absolute atomic E-state index is 13.6. The molecule has 1 aliphatic heterocycles. The highest BCUT2D eigenvalue weighted by molar-refractivity contribution is 7.80. The number of benzene rings is 2. The van der Waals surface area contributed by atoms with Crippen LogP contribution < -0.4 is 10.6 Å². The van der Waals surface area contributed by atoms with Crippen molar-refractivity contribution >= 4 is 22.9 Å². The lowest BCUT2D eigenvalue weighted by molar-refractivity contribution is 0.622. The molecule has 0 fully saturated rings. The number of nitrogens with zero attached hydrogens (tertiary/aromatic N) is 1. The molecule has 1 heterocycles. The fourth-order valence-electron chi connectivity index (χ4n) is 2.91. The average Bonchev–Trinajstić information content (AvgIpc) is 2.47. The van der Waals surface area contributed by atoms with Crippen LogP contribution in [0.2, 0.25) is 0 Å². The van der Waals surface area contributed by atoms with Gasteiger partial charge in [0.1, 0.15) is 10.8 Å². The molecule has 0 unspecified atom stereocenters. The fourth-order valence-corrected chi connectivity index (χ4v) is 3.11. The molecule has 0 amide bonds. The molecule has 2 N–H and O–H groups in total. The van der Waals surface area contributed by atoms with Crippen molar-refractivity contribution in [2.75, 3.05) is 11.4 Å². The van der Waals surface area contributed by atoms with Gasteiger partial charge in [0.05, 0.1) is 0 Å². The highest BCUT2D eigenvalue weighted by Crippen LogP contribution is 2.28. The van der Waals surface area contributed by atoms with E-state index in [4.69, 9.17) is 18.0 Å². The smallest absolute Gasteiger partial charge is 0.123 e. The SMILES string of the molecule is NC(=S)c1ccc(F)cc1CN1CCCc2ccccc21. The zero-order valence-electron chi connectivity index (χ0n) is 11.7. The molecular weight excluding hydrogens is 283 g/mol. The van der Waals surface area contributed by atoms with Gasteiger partial charge >= 0.3 is 0 Å². The van der Waals surface area contributed by atoms with Crippen LogP contribution in [0.1, 0.15) is 23.1 Å². The number of hydrogen-bond donors (Lipinski definition) is 1. The normalized spacial score (nSPS) is 13.9. The molecule has 108 valence electrons. The largest absolute Gasteiger partial charge is 0.389 e. The van der Waals surface area contributed by atoms with Crippen LogP contribution in [0, 0.1) is 5.82 Å². The van der Waals surface area contributed by atoms with Crippen molar-refractivity contribution in [3.63, 3.8) is 0 Å². The maximum Gasteiger partial charge on any atom is 0.123 e. The molecule has 0 spiro atoms. The molecule has 2 nitrogen and oxygen atoms in total. The zero-order chi connectivity index (χ0) is 14.8. The van der Waals surface area contributed by atoms with Gasteiger partial charge in [-0.2, -0.15) is 0 Å². The van der Waals surface area contributed by atoms with E-state index in [0.29, 0.717) is 11.5 Å². The van der Waals surface area contributed by atoms with E-state index in [1.54, 1.807) is 6.07 Å². The molecule has 0 saturated carbocycles. The van der Waals surface area contributed by atoms with E-state index in [2.05, 4.69) is 23.1 Å². The van der Waals surface area contributed by atoms with Crippen molar-refractivity contribution < 1.29 is 4.39 Å². The second-order valence-corrected chi connectivity index (χ2v) is 5.76. The predicted molar refractivity (Wildman–Crippen MR) is 88.1 cm³/mol. The van der Waals surface area contributed by atoms with Crippen LogP contribution in [0.25, 0.3) is 0 Å². The molecule has 0 bridgehead atoms. The Morgan fingerprint density at radius 3 is 2.86 bits per heavy atom. The van der Waals surface area contributed by atoms with Crippen LogP contribution in [0.5, 0.6) is 0 Å². The summed E-state index contributed by atoms with van der Waals surface area (Å²) in [7, 11) is 0. The standard InChI is InChI=1S/C17H17FN2S/c18-14-7-8-15(17(19)21)13(10-14)11-20-9-3-5-12-4-1-2-6-16(12)20/h1-2,4,6-8,10H,3,5,9,11H2,(H2,19,21). The third kappa shape index (κ3) is 2.90. The van der Waals surface area contributed by atoms with Crippen LogP contribution in [0.15, 0.2) is 42.5 Å². The summed E-state index contributed by atoms with van der Waals surface area (Å²) in [5, 5.41) is 0. The minimum Gasteiger partial charge on any atom is -0.389 e. The molecule has 0 radical (unpaired) electrons. The first-order chi connectivity index (χ1) is 10.1. The molecule has 2 aromatic rings. The minimum absolute atomic E-state index is 0.254. The number of aryl methyl sites for hydroxylation is 1. The van der Waals surface area contributed by atoms with Crippen LogP contribution in [-0.2, 0) is 13.0 Å². The number of rotatable bonds is 3. The van der Waals surface area contributed by atoms with Crippen LogP contribution in [0.4, 0.5) is 10.1 Å². The van der Waals surface area contributed by atoms with Gasteiger partial charge in [-0.1, -0.05) is 30.4 Å². The van der Waals surface area contributed by atoms with E-state index in [1.165, 1.54) is 23.4 Å². The summed E-state index contributed by atoms with van der Waals surface area (Å²) in [6.45, 7) is 1.59. The first-order valence-electron chi connectivity index (χ1n) is 7.06. The third-order valence-corrected chi connectivity index (χ3v) is 4.12. The van der Waals surface area contributed by atoms with E-state index in [1.807, 2.05) is 6.07 Å². The maximum atomic E-state index is 13.6. The van der Waals surface area contributed by atoms with Gasteiger partial charge in [-0.3, -0.25) is 0 Å². The van der Waals surface area contributed by atoms with Gasteiger partial charge in [-0.25, -0.2) is 4.39 Å². The first kappa shape index (κ1) is 14.0. The topological polar surface area (TPSA) is 29.3 Å². The molecule has 21 heavy (non-hydrogen) atoms. The van der Waals surface area contributed by atoms with Gasteiger partial charge in [0.2, 0.25) is 0 Å². The van der Waals surface area contributed by atoms with E-state index < -0.39 is 0 Å². The summed E-state index contributed by atoms with van der Waals surface area (Å²) in [5.41, 5.74) is 9.93. The van der Waals surface area contributed by atoms with Crippen LogP contribution >= 0.6 is 12.2 Å². The van der Waals surface area contributed by atoms with E-state index in [-0.39, 0.29) is 5.82 Å². The molecule has 3 rings (SSSR count). The summed E-state index contributed by atoms with van der Waals surface area (Å²) < 4.78 is 13.6. The lowest BCUT2D eigenvalue weighted by Gasteiger charge is -2.32. The van der Waals surface area contributed by atoms with Gasteiger partial charge in [0.15, 0.2) is 0 Å². The van der Waals surface area contributed by atoms with Crippen LogP contribution in [0.3, 0.4) is 0 Å². The highest BCUT2D eigenvalue weighted by Gasteiger charge is 2.18. The van der Waals surface area contributed by atoms with E-state index in [9.17, 15) is 4.39 Å². The molecular formula is C17H17FN2S. The molecule has 2 aromatic carbocycles. The Kier molecular flexibility index (Phi) is 3.88. The number of halogens is 1. The summed E-state index contributed by atoms with van der Waals surface area (Å²) in [4.78, 5) is 2.59. The monoisotopic (exact) mass is 300 g/mol. The summed E-state index contributed by atoms with van der Waals surface area (Å²) >= 11 is 5.08. The molecule has 0 aromatic heterocycles. The van der Waals surface area contributed by atoms with Crippen molar-refractivity contribution in [3.8, 4) is 0 Å².